The van der Waals surface area contributed by atoms with Crippen molar-refractivity contribution in [3.8, 4) is 0 Å². The van der Waals surface area contributed by atoms with Crippen molar-refractivity contribution in [2.24, 2.45) is 0 Å². The van der Waals surface area contributed by atoms with Gasteiger partial charge in [-0.1, -0.05) is 0 Å². The zero-order valence-corrected chi connectivity index (χ0v) is 7.53. The average Bonchev–Trinajstić information content (AvgIpc) is 2.00. The minimum Gasteiger partial charge on any atom is -0.473 e. The molecule has 70 valence electrons. The smallest absolute Gasteiger partial charge is 0.336 e. The summed E-state index contributed by atoms with van der Waals surface area (Å²) < 4.78 is 9.33. The predicted octanol–water partition coefficient (Wildman–Crippen LogP) is 0.808. The molecule has 0 saturated heterocycles. The van der Waals surface area contributed by atoms with Gasteiger partial charge >= 0.3 is 5.97 Å². The van der Waals surface area contributed by atoms with Crippen LogP contribution in [0.1, 0.15) is 20.8 Å². The molecule has 1 atom stereocenters. The summed E-state index contributed by atoms with van der Waals surface area (Å²) in [4.78, 5) is 10.9. The van der Waals surface area contributed by atoms with Crippen LogP contribution in [0.4, 0.5) is 0 Å². The van der Waals surface area contributed by atoms with E-state index in [-0.39, 0.29) is 0 Å². The number of aliphatic hydroxyl groups is 1. The lowest BCUT2D eigenvalue weighted by atomic mass is 10.3. The normalized spacial score (nSPS) is 13.8. The zero-order valence-electron chi connectivity index (χ0n) is 7.53. The fourth-order valence-electron chi connectivity index (χ4n) is 0.494. The van der Waals surface area contributed by atoms with Crippen LogP contribution in [0, 0.1) is 0 Å². The molecule has 0 rings (SSSR count). The number of aliphatic hydroxyl groups excluding tert-OH is 1. The third-order valence-corrected chi connectivity index (χ3v) is 1.04. The van der Waals surface area contributed by atoms with Gasteiger partial charge in [0.1, 0.15) is 0 Å². The predicted molar refractivity (Wildman–Crippen MR) is 43.2 cm³/mol. The van der Waals surface area contributed by atoms with E-state index in [2.05, 4.69) is 9.47 Å². The lowest BCUT2D eigenvalue weighted by Gasteiger charge is -2.04. The van der Waals surface area contributed by atoms with Gasteiger partial charge in [0.15, 0.2) is 6.29 Å². The van der Waals surface area contributed by atoms with Gasteiger partial charge in [0, 0.05) is 0 Å². The average molecular weight is 174 g/mol. The van der Waals surface area contributed by atoms with Gasteiger partial charge < -0.3 is 14.6 Å². The zero-order chi connectivity index (χ0) is 9.56. The number of ether oxygens (including phenoxy) is 2. The summed E-state index contributed by atoms with van der Waals surface area (Å²) in [5.74, 6) is -0.432. The number of carbonyl (C=O) groups excluding carboxylic acids is 1. The minimum atomic E-state index is -0.908. The van der Waals surface area contributed by atoms with Gasteiger partial charge in [0.25, 0.3) is 0 Å². The van der Waals surface area contributed by atoms with Crippen molar-refractivity contribution in [2.75, 3.05) is 6.61 Å². The monoisotopic (exact) mass is 174 g/mol. The van der Waals surface area contributed by atoms with Crippen LogP contribution in [0.25, 0.3) is 0 Å². The molecule has 1 unspecified atom stereocenters. The van der Waals surface area contributed by atoms with Crippen LogP contribution in [0.3, 0.4) is 0 Å². The molecule has 1 N–H and O–H groups in total. The van der Waals surface area contributed by atoms with E-state index in [0.29, 0.717) is 12.2 Å². The standard InChI is InChI=1S/C8H14O4/c1-4-11-8(10)6(2)5-12-7(3)9/h5,7,9H,4H2,1-3H3/b6-5+. The second kappa shape index (κ2) is 5.60. The van der Waals surface area contributed by atoms with Gasteiger partial charge in [-0.15, -0.1) is 0 Å². The molecule has 0 aromatic carbocycles. The molecule has 0 saturated carbocycles. The number of carbonyl (C=O) groups is 1. The molecule has 12 heavy (non-hydrogen) atoms. The van der Waals surface area contributed by atoms with Gasteiger partial charge in [0.05, 0.1) is 18.4 Å². The summed E-state index contributed by atoms with van der Waals surface area (Å²) in [6.45, 7) is 5.06. The van der Waals surface area contributed by atoms with Crippen LogP contribution >= 0.6 is 0 Å². The molecule has 0 aliphatic carbocycles. The van der Waals surface area contributed by atoms with Crippen molar-refractivity contribution in [3.05, 3.63) is 11.8 Å². The Hall–Kier alpha value is -1.03. The van der Waals surface area contributed by atoms with Crippen LogP contribution in [0.5, 0.6) is 0 Å². The molecule has 0 spiro atoms. The molecule has 0 heterocycles. The summed E-state index contributed by atoms with van der Waals surface area (Å²) in [7, 11) is 0. The maximum Gasteiger partial charge on any atom is 0.336 e. The molecule has 0 radical (unpaired) electrons. The lowest BCUT2D eigenvalue weighted by Crippen LogP contribution is -2.07. The number of esters is 1. The summed E-state index contributed by atoms with van der Waals surface area (Å²) in [5, 5.41) is 8.69. The van der Waals surface area contributed by atoms with E-state index in [4.69, 9.17) is 5.11 Å². The third kappa shape index (κ3) is 4.73. The van der Waals surface area contributed by atoms with Gasteiger partial charge in [-0.3, -0.25) is 0 Å². The Morgan fingerprint density at radius 1 is 1.67 bits per heavy atom. The van der Waals surface area contributed by atoms with E-state index >= 15 is 0 Å². The summed E-state index contributed by atoms with van der Waals surface area (Å²) >= 11 is 0. The van der Waals surface area contributed by atoms with Crippen LogP contribution in [-0.2, 0) is 14.3 Å². The van der Waals surface area contributed by atoms with Crippen molar-refractivity contribution in [2.45, 2.75) is 27.1 Å². The van der Waals surface area contributed by atoms with Crippen LogP contribution in [0.2, 0.25) is 0 Å². The summed E-state index contributed by atoms with van der Waals surface area (Å²) in [6.07, 6.45) is 0.275. The van der Waals surface area contributed by atoms with E-state index in [0.717, 1.165) is 0 Å². The highest BCUT2D eigenvalue weighted by atomic mass is 16.6. The summed E-state index contributed by atoms with van der Waals surface area (Å²) in [6, 6.07) is 0. The Bertz CT molecular complexity index is 172. The molecule has 4 heteroatoms. The summed E-state index contributed by atoms with van der Waals surface area (Å²) in [5.41, 5.74) is 0.331. The highest BCUT2D eigenvalue weighted by Gasteiger charge is 2.04. The van der Waals surface area contributed by atoms with Crippen molar-refractivity contribution >= 4 is 5.97 Å². The second-order valence-corrected chi connectivity index (χ2v) is 2.26. The second-order valence-electron chi connectivity index (χ2n) is 2.26. The Labute approximate surface area is 71.8 Å². The van der Waals surface area contributed by atoms with Gasteiger partial charge in [-0.05, 0) is 20.8 Å². The van der Waals surface area contributed by atoms with E-state index in [9.17, 15) is 4.79 Å². The van der Waals surface area contributed by atoms with Crippen molar-refractivity contribution < 1.29 is 19.4 Å². The first-order valence-electron chi connectivity index (χ1n) is 3.75. The number of hydrogen-bond donors (Lipinski definition) is 1. The molecular weight excluding hydrogens is 160 g/mol. The molecule has 0 fully saturated rings. The van der Waals surface area contributed by atoms with E-state index in [1.165, 1.54) is 13.2 Å². The number of hydrogen-bond acceptors (Lipinski definition) is 4. The Morgan fingerprint density at radius 3 is 2.67 bits per heavy atom. The topological polar surface area (TPSA) is 55.8 Å². The van der Waals surface area contributed by atoms with E-state index < -0.39 is 12.3 Å². The SMILES string of the molecule is CCOC(=O)/C(C)=C/OC(C)O. The molecule has 0 aliphatic rings. The van der Waals surface area contributed by atoms with E-state index in [1.807, 2.05) is 0 Å². The molecule has 4 nitrogen and oxygen atoms in total. The minimum absolute atomic E-state index is 0.331. The molecular formula is C8H14O4. The lowest BCUT2D eigenvalue weighted by molar-refractivity contribution is -0.138. The molecule has 0 bridgehead atoms. The van der Waals surface area contributed by atoms with Crippen molar-refractivity contribution in [1.82, 2.24) is 0 Å². The van der Waals surface area contributed by atoms with Crippen LogP contribution in [0.15, 0.2) is 11.8 Å². The fourth-order valence-corrected chi connectivity index (χ4v) is 0.494. The van der Waals surface area contributed by atoms with Crippen molar-refractivity contribution in [1.29, 1.82) is 0 Å². The first-order valence-corrected chi connectivity index (χ1v) is 3.75. The first kappa shape index (κ1) is 11.0. The van der Waals surface area contributed by atoms with Gasteiger partial charge in [-0.2, -0.15) is 0 Å². The van der Waals surface area contributed by atoms with E-state index in [1.54, 1.807) is 13.8 Å². The highest BCUT2D eigenvalue weighted by molar-refractivity contribution is 5.87. The van der Waals surface area contributed by atoms with Gasteiger partial charge in [0.2, 0.25) is 0 Å². The maximum atomic E-state index is 10.9. The first-order chi connectivity index (χ1) is 5.57. The molecule has 0 aromatic heterocycles. The highest BCUT2D eigenvalue weighted by Crippen LogP contribution is 1.98. The van der Waals surface area contributed by atoms with Gasteiger partial charge in [-0.25, -0.2) is 4.79 Å². The van der Waals surface area contributed by atoms with Crippen LogP contribution in [-0.4, -0.2) is 24.0 Å². The quantitative estimate of drug-likeness (QED) is 0.296. The van der Waals surface area contributed by atoms with Crippen LogP contribution < -0.4 is 0 Å². The maximum absolute atomic E-state index is 10.9. The molecule has 0 aromatic rings. The molecule has 0 amide bonds. The Balaban J connectivity index is 3.90. The largest absolute Gasteiger partial charge is 0.473 e. The number of rotatable bonds is 4. The fraction of sp³-hybridized carbons (Fsp3) is 0.625. The Morgan fingerprint density at radius 2 is 2.25 bits per heavy atom. The van der Waals surface area contributed by atoms with Crippen molar-refractivity contribution in [3.63, 3.8) is 0 Å². The Kier molecular flexibility index (Phi) is 5.12. The third-order valence-electron chi connectivity index (χ3n) is 1.04. The molecule has 0 aliphatic heterocycles.